The second-order valence-electron chi connectivity index (χ2n) is 3.86. The molecule has 0 atom stereocenters. The minimum atomic E-state index is -0.589. The lowest BCUT2D eigenvalue weighted by Crippen LogP contribution is -1.94. The lowest BCUT2D eigenvalue weighted by Gasteiger charge is -2.13. The lowest BCUT2D eigenvalue weighted by atomic mass is 10.0. The number of rotatable bonds is 2. The van der Waals surface area contributed by atoms with E-state index >= 15 is 0 Å². The molecule has 0 aliphatic heterocycles. The minimum Gasteiger partial charge on any atom is -0.258 e. The zero-order chi connectivity index (χ0) is 15.9. The van der Waals surface area contributed by atoms with E-state index in [1.807, 2.05) is 0 Å². The third-order valence-corrected chi connectivity index (χ3v) is 5.15. The predicted molar refractivity (Wildman–Crippen MR) is 88.6 cm³/mol. The van der Waals surface area contributed by atoms with Crippen LogP contribution in [0.4, 0.5) is 5.69 Å². The van der Waals surface area contributed by atoms with Crippen molar-refractivity contribution in [1.29, 1.82) is 0 Å². The van der Waals surface area contributed by atoms with Crippen LogP contribution >= 0.6 is 69.6 Å². The van der Waals surface area contributed by atoms with Gasteiger partial charge in [0.1, 0.15) is 0 Å². The number of nitro benzene ring substituents is 1. The Morgan fingerprint density at radius 3 is 1.76 bits per heavy atom. The molecular formula is C12H3Cl6NO2. The van der Waals surface area contributed by atoms with Crippen LogP contribution in [0.3, 0.4) is 0 Å². The van der Waals surface area contributed by atoms with Gasteiger partial charge in [0.05, 0.1) is 35.6 Å². The van der Waals surface area contributed by atoms with Crippen molar-refractivity contribution >= 4 is 75.3 Å². The van der Waals surface area contributed by atoms with Crippen molar-refractivity contribution in [1.82, 2.24) is 0 Å². The van der Waals surface area contributed by atoms with Crippen LogP contribution in [0.5, 0.6) is 0 Å². The Morgan fingerprint density at radius 1 is 0.810 bits per heavy atom. The first kappa shape index (κ1) is 16.9. The highest BCUT2D eigenvalue weighted by Crippen LogP contribution is 2.50. The van der Waals surface area contributed by atoms with E-state index in [1.165, 1.54) is 18.2 Å². The molecule has 21 heavy (non-hydrogen) atoms. The van der Waals surface area contributed by atoms with Crippen molar-refractivity contribution in [3.63, 3.8) is 0 Å². The van der Waals surface area contributed by atoms with Crippen molar-refractivity contribution in [3.8, 4) is 11.1 Å². The second-order valence-corrected chi connectivity index (χ2v) is 6.19. The third kappa shape index (κ3) is 3.04. The van der Waals surface area contributed by atoms with Gasteiger partial charge in [-0.25, -0.2) is 0 Å². The maximum Gasteiger partial charge on any atom is 0.277 e. The first-order chi connectivity index (χ1) is 9.75. The molecule has 2 aromatic carbocycles. The van der Waals surface area contributed by atoms with E-state index in [0.29, 0.717) is 0 Å². The maximum absolute atomic E-state index is 11.2. The summed E-state index contributed by atoms with van der Waals surface area (Å²) in [5, 5.41) is 11.2. The Labute approximate surface area is 149 Å². The fourth-order valence-corrected chi connectivity index (χ4v) is 3.22. The number of hydrogen-bond donors (Lipinski definition) is 0. The van der Waals surface area contributed by atoms with Gasteiger partial charge in [-0.15, -0.1) is 0 Å². The Morgan fingerprint density at radius 2 is 1.29 bits per heavy atom. The highest BCUT2D eigenvalue weighted by atomic mass is 35.5. The van der Waals surface area contributed by atoms with Crippen LogP contribution in [0.25, 0.3) is 11.1 Å². The second kappa shape index (κ2) is 6.37. The Bertz CT molecular complexity index is 733. The van der Waals surface area contributed by atoms with E-state index in [-0.39, 0.29) is 47.0 Å². The molecule has 9 heteroatoms. The van der Waals surface area contributed by atoms with Gasteiger partial charge in [-0.05, 0) is 12.1 Å². The van der Waals surface area contributed by atoms with Gasteiger partial charge in [0.25, 0.3) is 5.69 Å². The fourth-order valence-electron chi connectivity index (χ4n) is 1.71. The molecule has 2 rings (SSSR count). The molecule has 2 aromatic rings. The summed E-state index contributed by atoms with van der Waals surface area (Å²) in [5.41, 5.74) is -0.0347. The quantitative estimate of drug-likeness (QED) is 0.230. The average molecular weight is 406 g/mol. The molecule has 0 fully saturated rings. The van der Waals surface area contributed by atoms with Crippen LogP contribution in [0, 0.1) is 10.1 Å². The summed E-state index contributed by atoms with van der Waals surface area (Å²) in [6, 6.07) is 3.97. The van der Waals surface area contributed by atoms with Gasteiger partial charge in [0, 0.05) is 16.7 Å². The first-order valence-electron chi connectivity index (χ1n) is 5.21. The topological polar surface area (TPSA) is 43.1 Å². The molecule has 0 aromatic heterocycles. The van der Waals surface area contributed by atoms with Gasteiger partial charge >= 0.3 is 0 Å². The predicted octanol–water partition coefficient (Wildman–Crippen LogP) is 7.18. The zero-order valence-corrected chi connectivity index (χ0v) is 14.3. The van der Waals surface area contributed by atoms with Crippen LogP contribution in [-0.4, -0.2) is 4.92 Å². The molecular weight excluding hydrogens is 403 g/mol. The number of nitrogens with zero attached hydrogens (tertiary/aromatic N) is 1. The highest BCUT2D eigenvalue weighted by Gasteiger charge is 2.25. The molecule has 0 bridgehead atoms. The van der Waals surface area contributed by atoms with Crippen molar-refractivity contribution in [2.75, 3.05) is 0 Å². The normalized spacial score (nSPS) is 10.8. The largest absolute Gasteiger partial charge is 0.277 e. The fraction of sp³-hybridized carbons (Fsp3) is 0. The monoisotopic (exact) mass is 403 g/mol. The van der Waals surface area contributed by atoms with Gasteiger partial charge in [-0.1, -0.05) is 69.6 Å². The third-order valence-electron chi connectivity index (χ3n) is 2.63. The molecule has 110 valence electrons. The van der Waals surface area contributed by atoms with Gasteiger partial charge in [0.15, 0.2) is 0 Å². The molecule has 0 spiro atoms. The molecule has 0 radical (unpaired) electrons. The van der Waals surface area contributed by atoms with Gasteiger partial charge in [-0.3, -0.25) is 10.1 Å². The number of nitro groups is 1. The van der Waals surface area contributed by atoms with E-state index in [1.54, 1.807) is 0 Å². The van der Waals surface area contributed by atoms with Crippen molar-refractivity contribution in [3.05, 3.63) is 58.4 Å². The van der Waals surface area contributed by atoms with E-state index < -0.39 is 4.92 Å². The summed E-state index contributed by atoms with van der Waals surface area (Å²) in [4.78, 5) is 10.6. The molecule has 0 aliphatic rings. The summed E-state index contributed by atoms with van der Waals surface area (Å²) in [6.45, 7) is 0. The molecule has 0 aliphatic carbocycles. The van der Waals surface area contributed by atoms with Gasteiger partial charge in [0.2, 0.25) is 0 Å². The summed E-state index contributed by atoms with van der Waals surface area (Å²) in [5.74, 6) is 0. The number of benzene rings is 2. The molecule has 0 saturated heterocycles. The molecule has 0 amide bonds. The van der Waals surface area contributed by atoms with Gasteiger partial charge in [-0.2, -0.15) is 0 Å². The summed E-state index contributed by atoms with van der Waals surface area (Å²) >= 11 is 35.9. The Balaban J connectivity index is 2.92. The van der Waals surface area contributed by atoms with Crippen molar-refractivity contribution in [2.24, 2.45) is 0 Å². The van der Waals surface area contributed by atoms with Crippen LogP contribution in [0.2, 0.25) is 30.1 Å². The van der Waals surface area contributed by atoms with Crippen molar-refractivity contribution < 1.29 is 4.92 Å². The van der Waals surface area contributed by atoms with E-state index in [2.05, 4.69) is 0 Å². The SMILES string of the molecule is O=[N+]([O-])c1ccc(Cl)cc1-c1c(Cl)c(Cl)c(Cl)c(Cl)c1Cl. The Kier molecular flexibility index (Phi) is 5.14. The standard InChI is InChI=1S/C12H3Cl6NO2/c13-4-1-2-6(19(20)21)5(3-4)7-8(14)10(16)12(18)11(17)9(7)15/h1-3H. The maximum atomic E-state index is 11.2. The van der Waals surface area contributed by atoms with Crippen LogP contribution in [0.15, 0.2) is 18.2 Å². The van der Waals surface area contributed by atoms with Crippen molar-refractivity contribution in [2.45, 2.75) is 0 Å². The van der Waals surface area contributed by atoms with Crippen LogP contribution in [0.1, 0.15) is 0 Å². The van der Waals surface area contributed by atoms with Crippen LogP contribution in [-0.2, 0) is 0 Å². The van der Waals surface area contributed by atoms with Gasteiger partial charge < -0.3 is 0 Å². The lowest BCUT2D eigenvalue weighted by molar-refractivity contribution is -0.384. The summed E-state index contributed by atoms with van der Waals surface area (Å²) < 4.78 is 0. The molecule has 0 saturated carbocycles. The Hall–Kier alpha value is -0.420. The van der Waals surface area contributed by atoms with Crippen LogP contribution < -0.4 is 0 Å². The first-order valence-corrected chi connectivity index (χ1v) is 7.48. The molecule has 3 nitrogen and oxygen atoms in total. The number of halogens is 6. The highest BCUT2D eigenvalue weighted by molar-refractivity contribution is 6.56. The smallest absolute Gasteiger partial charge is 0.258 e. The molecule has 0 N–H and O–H groups in total. The summed E-state index contributed by atoms with van der Waals surface area (Å²) in [7, 11) is 0. The number of hydrogen-bond acceptors (Lipinski definition) is 2. The van der Waals surface area contributed by atoms with E-state index in [4.69, 9.17) is 69.6 Å². The molecule has 0 heterocycles. The van der Waals surface area contributed by atoms with E-state index in [0.717, 1.165) is 0 Å². The minimum absolute atomic E-state index is 0.0261. The average Bonchev–Trinajstić information content (AvgIpc) is 2.43. The summed E-state index contributed by atoms with van der Waals surface area (Å²) in [6.07, 6.45) is 0. The van der Waals surface area contributed by atoms with E-state index in [9.17, 15) is 10.1 Å². The molecule has 0 unspecified atom stereocenters. The zero-order valence-electron chi connectivity index (χ0n) is 9.76.